The van der Waals surface area contributed by atoms with Gasteiger partial charge in [-0.1, -0.05) is 12.2 Å². The fourth-order valence-corrected chi connectivity index (χ4v) is 2.19. The van der Waals surface area contributed by atoms with Gasteiger partial charge in [0.1, 0.15) is 12.1 Å². The summed E-state index contributed by atoms with van der Waals surface area (Å²) in [5, 5.41) is 3.63. The number of carbonyl (C=O) groups excluding carboxylic acids is 2. The minimum absolute atomic E-state index is 0.360. The molecule has 7 heteroatoms. The number of esters is 2. The Morgan fingerprint density at radius 3 is 1.68 bits per heavy atom. The predicted molar refractivity (Wildman–Crippen MR) is 81.6 cm³/mol. The number of hydrogen-bond donors (Lipinski definition) is 2. The number of allylic oxidation sites excluding steroid dienone is 2. The summed E-state index contributed by atoms with van der Waals surface area (Å²) in [6, 6.07) is -1.67. The summed E-state index contributed by atoms with van der Waals surface area (Å²) in [6.07, 6.45) is 3.67. The van der Waals surface area contributed by atoms with Gasteiger partial charge in [0, 0.05) is 11.5 Å². The minimum Gasteiger partial charge on any atom is -0.391 e. The van der Waals surface area contributed by atoms with Crippen LogP contribution in [-0.4, -0.2) is 35.5 Å². The van der Waals surface area contributed by atoms with Gasteiger partial charge in [0.25, 0.3) is 0 Å². The summed E-state index contributed by atoms with van der Waals surface area (Å²) in [5.41, 5.74) is 11.2. The largest absolute Gasteiger partial charge is 0.391 e. The maximum Gasteiger partial charge on any atom is 0.331 e. The van der Waals surface area contributed by atoms with Crippen molar-refractivity contribution in [2.45, 2.75) is 25.9 Å². The first-order chi connectivity index (χ1) is 9.02. The highest BCUT2D eigenvalue weighted by molar-refractivity contribution is 8.02. The van der Waals surface area contributed by atoms with Gasteiger partial charge in [0.15, 0.2) is 0 Å². The maximum atomic E-state index is 11.5. The molecule has 0 aromatic rings. The molecule has 0 bridgehead atoms. The zero-order valence-corrected chi connectivity index (χ0v) is 12.7. The Kier molecular flexibility index (Phi) is 10.7. The molecule has 0 aliphatic heterocycles. The van der Waals surface area contributed by atoms with Crippen molar-refractivity contribution in [1.82, 2.24) is 0 Å². The van der Waals surface area contributed by atoms with E-state index in [0.29, 0.717) is 11.5 Å². The molecule has 0 aromatic carbocycles. The Balaban J connectivity index is 4.05. The third-order valence-electron chi connectivity index (χ3n) is 1.82. The number of thioether (sulfide) groups is 2. The Labute approximate surface area is 122 Å². The van der Waals surface area contributed by atoms with Crippen molar-refractivity contribution in [1.29, 1.82) is 0 Å². The summed E-state index contributed by atoms with van der Waals surface area (Å²) in [7, 11) is 0. The van der Waals surface area contributed by atoms with Gasteiger partial charge in [0.2, 0.25) is 0 Å². The van der Waals surface area contributed by atoms with E-state index in [1.54, 1.807) is 0 Å². The van der Waals surface area contributed by atoms with Crippen LogP contribution >= 0.6 is 23.5 Å². The highest BCUT2D eigenvalue weighted by Crippen LogP contribution is 2.07. The van der Waals surface area contributed by atoms with Crippen LogP contribution in [0.3, 0.4) is 0 Å². The number of nitrogens with two attached hydrogens (primary N) is 2. The molecule has 0 aliphatic carbocycles. The quantitative estimate of drug-likeness (QED) is 0.514. The molecule has 0 spiro atoms. The van der Waals surface area contributed by atoms with Crippen LogP contribution in [0, 0.1) is 0 Å². The molecular weight excluding hydrogens is 284 g/mol. The predicted octanol–water partition coefficient (Wildman–Crippen LogP) is 1.24. The lowest BCUT2D eigenvalue weighted by Crippen LogP contribution is -2.41. The average Bonchev–Trinajstić information content (AvgIpc) is 2.38. The van der Waals surface area contributed by atoms with E-state index in [-0.39, 0.29) is 0 Å². The van der Waals surface area contributed by atoms with E-state index in [2.05, 4.69) is 4.74 Å². The second kappa shape index (κ2) is 11.1. The summed E-state index contributed by atoms with van der Waals surface area (Å²) in [4.78, 5) is 23.0. The number of hydrogen-bond acceptors (Lipinski definition) is 7. The molecule has 19 heavy (non-hydrogen) atoms. The number of carbonyl (C=O) groups is 2. The Hall–Kier alpha value is -0.760. The maximum absolute atomic E-state index is 11.5. The molecule has 5 nitrogen and oxygen atoms in total. The molecule has 0 saturated heterocycles. The molecule has 0 saturated carbocycles. The topological polar surface area (TPSA) is 95.4 Å². The molecule has 4 N–H and O–H groups in total. The van der Waals surface area contributed by atoms with Crippen LogP contribution in [-0.2, 0) is 14.3 Å². The van der Waals surface area contributed by atoms with Crippen molar-refractivity contribution in [3.05, 3.63) is 23.0 Å². The highest BCUT2D eigenvalue weighted by Gasteiger charge is 2.22. The van der Waals surface area contributed by atoms with Crippen LogP contribution in [0.5, 0.6) is 0 Å². The lowest BCUT2D eigenvalue weighted by Gasteiger charge is -2.12. The summed E-state index contributed by atoms with van der Waals surface area (Å²) >= 11 is 2.76. The van der Waals surface area contributed by atoms with E-state index in [9.17, 15) is 9.59 Å². The van der Waals surface area contributed by atoms with Gasteiger partial charge in [0.05, 0.1) is 0 Å². The lowest BCUT2D eigenvalue weighted by molar-refractivity contribution is -0.160. The number of ether oxygens (including phenoxy) is 1. The molecule has 2 atom stereocenters. The van der Waals surface area contributed by atoms with Crippen molar-refractivity contribution in [3.63, 3.8) is 0 Å². The van der Waals surface area contributed by atoms with Gasteiger partial charge in [-0.05, 0) is 24.7 Å². The highest BCUT2D eigenvalue weighted by atomic mass is 32.2. The monoisotopic (exact) mass is 304 g/mol. The first-order valence-electron chi connectivity index (χ1n) is 5.75. The molecule has 0 unspecified atom stereocenters. The van der Waals surface area contributed by atoms with E-state index < -0.39 is 24.0 Å². The molecule has 108 valence electrons. The molecule has 0 fully saturated rings. The first kappa shape index (κ1) is 18.2. The van der Waals surface area contributed by atoms with Gasteiger partial charge in [-0.2, -0.15) is 0 Å². The van der Waals surface area contributed by atoms with Gasteiger partial charge in [-0.15, -0.1) is 23.5 Å². The van der Waals surface area contributed by atoms with E-state index >= 15 is 0 Å². The molecule has 0 heterocycles. The van der Waals surface area contributed by atoms with Crippen LogP contribution in [0.1, 0.15) is 13.8 Å². The average molecular weight is 304 g/mol. The van der Waals surface area contributed by atoms with E-state index in [0.717, 1.165) is 0 Å². The van der Waals surface area contributed by atoms with Gasteiger partial charge in [-0.3, -0.25) is 0 Å². The fourth-order valence-electron chi connectivity index (χ4n) is 0.897. The van der Waals surface area contributed by atoms with Gasteiger partial charge >= 0.3 is 11.9 Å². The standard InChI is InChI=1S/C12H20N2O3S2/c1-3-5-18-7-9(13)11(15)17-12(16)10(14)8-19-6-4-2/h3-6,9-10H,7-8,13-14H2,1-2H3/b5-3-,6-4?/t9-,10-/m0/s1. The van der Waals surface area contributed by atoms with Gasteiger partial charge in [-0.25, -0.2) is 9.59 Å². The fraction of sp³-hybridized carbons (Fsp3) is 0.500. The molecule has 0 radical (unpaired) electrons. The Bertz CT molecular complexity index is 314. The molecular formula is C12H20N2O3S2. The minimum atomic E-state index is -0.833. The summed E-state index contributed by atoms with van der Waals surface area (Å²) in [5.74, 6) is -0.764. The van der Waals surface area contributed by atoms with Crippen molar-refractivity contribution < 1.29 is 14.3 Å². The van der Waals surface area contributed by atoms with Crippen molar-refractivity contribution in [2.24, 2.45) is 11.5 Å². The SMILES string of the molecule is CC=CSC[C@H](N)C(=O)OC(=O)[C@@H](N)CS/C=C\C. The van der Waals surface area contributed by atoms with E-state index in [1.807, 2.05) is 36.8 Å². The molecule has 0 aliphatic rings. The van der Waals surface area contributed by atoms with Crippen molar-refractivity contribution >= 4 is 35.5 Å². The van der Waals surface area contributed by atoms with Crippen LogP contribution in [0.15, 0.2) is 23.0 Å². The van der Waals surface area contributed by atoms with Crippen LogP contribution in [0.2, 0.25) is 0 Å². The first-order valence-corrected chi connectivity index (χ1v) is 7.84. The zero-order valence-electron chi connectivity index (χ0n) is 11.1. The normalized spacial score (nSPS) is 14.7. The van der Waals surface area contributed by atoms with Crippen molar-refractivity contribution in [3.8, 4) is 0 Å². The van der Waals surface area contributed by atoms with Crippen LogP contribution in [0.4, 0.5) is 0 Å². The molecule has 0 amide bonds. The Morgan fingerprint density at radius 1 is 1.00 bits per heavy atom. The smallest absolute Gasteiger partial charge is 0.331 e. The van der Waals surface area contributed by atoms with Gasteiger partial charge < -0.3 is 16.2 Å². The van der Waals surface area contributed by atoms with Crippen molar-refractivity contribution in [2.75, 3.05) is 11.5 Å². The second-order valence-corrected chi connectivity index (χ2v) is 5.44. The molecule has 0 rings (SSSR count). The van der Waals surface area contributed by atoms with Crippen LogP contribution < -0.4 is 11.5 Å². The van der Waals surface area contributed by atoms with E-state index in [4.69, 9.17) is 11.5 Å². The second-order valence-electron chi connectivity index (χ2n) is 3.56. The summed E-state index contributed by atoms with van der Waals surface area (Å²) < 4.78 is 4.63. The molecule has 0 aromatic heterocycles. The Morgan fingerprint density at radius 2 is 1.37 bits per heavy atom. The third-order valence-corrected chi connectivity index (χ3v) is 3.86. The van der Waals surface area contributed by atoms with Crippen LogP contribution in [0.25, 0.3) is 0 Å². The number of rotatable bonds is 8. The third kappa shape index (κ3) is 8.88. The summed E-state index contributed by atoms with van der Waals surface area (Å²) in [6.45, 7) is 3.73. The lowest BCUT2D eigenvalue weighted by atomic mass is 10.3. The zero-order chi connectivity index (χ0) is 14.7. The van der Waals surface area contributed by atoms with E-state index in [1.165, 1.54) is 23.5 Å².